The Morgan fingerprint density at radius 2 is 2.08 bits per heavy atom. The number of aryl methyl sites for hydroxylation is 1. The minimum Gasteiger partial charge on any atom is -0.496 e. The molecule has 3 rings (SSSR count). The summed E-state index contributed by atoms with van der Waals surface area (Å²) in [7, 11) is 1.70. The lowest BCUT2D eigenvalue weighted by molar-refractivity contribution is 0.127. The standard InChI is InChI=1S/C22H27NO2/c1-5-6-7-9-15-12-18(24-4)21-19(13-15)25-22(2,3)17-11-8-10-16(14-23)20(17)21/h10-13,20H,5-9H2,1-4H3. The molecule has 1 unspecified atom stereocenters. The number of rotatable bonds is 5. The van der Waals surface area contributed by atoms with Crippen molar-refractivity contribution in [2.75, 3.05) is 7.11 Å². The van der Waals surface area contributed by atoms with Gasteiger partial charge in [-0.3, -0.25) is 0 Å². The van der Waals surface area contributed by atoms with Gasteiger partial charge in [0.2, 0.25) is 0 Å². The predicted molar refractivity (Wildman–Crippen MR) is 100 cm³/mol. The molecule has 1 aliphatic heterocycles. The van der Waals surface area contributed by atoms with E-state index in [-0.39, 0.29) is 5.92 Å². The topological polar surface area (TPSA) is 42.2 Å². The third-order valence-corrected chi connectivity index (χ3v) is 5.23. The molecule has 3 nitrogen and oxygen atoms in total. The number of ether oxygens (including phenoxy) is 2. The van der Waals surface area contributed by atoms with Crippen molar-refractivity contribution in [2.24, 2.45) is 0 Å². The van der Waals surface area contributed by atoms with E-state index in [2.05, 4.69) is 45.0 Å². The zero-order valence-electron chi connectivity index (χ0n) is 15.7. The summed E-state index contributed by atoms with van der Waals surface area (Å²) in [5.74, 6) is 1.64. The number of hydrogen-bond acceptors (Lipinski definition) is 3. The second-order valence-corrected chi connectivity index (χ2v) is 7.38. The molecule has 0 saturated heterocycles. The van der Waals surface area contributed by atoms with Crippen molar-refractivity contribution in [1.29, 1.82) is 5.26 Å². The summed E-state index contributed by atoms with van der Waals surface area (Å²) in [6.07, 6.45) is 9.63. The van der Waals surface area contributed by atoms with E-state index in [0.717, 1.165) is 41.1 Å². The third kappa shape index (κ3) is 3.18. The van der Waals surface area contributed by atoms with Crippen molar-refractivity contribution in [3.8, 4) is 17.6 Å². The van der Waals surface area contributed by atoms with Gasteiger partial charge in [-0.05, 0) is 56.4 Å². The number of fused-ring (bicyclic) bond motifs is 3. The summed E-state index contributed by atoms with van der Waals surface area (Å²) in [5, 5.41) is 9.66. The molecule has 0 amide bonds. The maximum absolute atomic E-state index is 9.66. The van der Waals surface area contributed by atoms with Crippen molar-refractivity contribution >= 4 is 0 Å². The summed E-state index contributed by atoms with van der Waals surface area (Å²) in [6.45, 7) is 6.39. The Balaban J connectivity index is 2.10. The number of unbranched alkanes of at least 4 members (excludes halogenated alkanes) is 2. The van der Waals surface area contributed by atoms with Crippen LogP contribution in [0.15, 0.2) is 35.4 Å². The monoisotopic (exact) mass is 337 g/mol. The molecule has 1 aromatic rings. The highest BCUT2D eigenvalue weighted by atomic mass is 16.5. The summed E-state index contributed by atoms with van der Waals surface area (Å²) >= 11 is 0. The Kier molecular flexibility index (Phi) is 4.90. The second-order valence-electron chi connectivity index (χ2n) is 7.38. The molecule has 0 aromatic heterocycles. The van der Waals surface area contributed by atoms with Gasteiger partial charge >= 0.3 is 0 Å². The molecule has 0 spiro atoms. The van der Waals surface area contributed by atoms with Gasteiger partial charge in [-0.2, -0.15) is 5.26 Å². The molecule has 0 saturated carbocycles. The predicted octanol–water partition coefficient (Wildman–Crippen LogP) is 5.46. The maximum Gasteiger partial charge on any atom is 0.128 e. The van der Waals surface area contributed by atoms with Crippen LogP contribution in [0.4, 0.5) is 0 Å². The van der Waals surface area contributed by atoms with Crippen molar-refractivity contribution in [2.45, 2.75) is 64.4 Å². The highest BCUT2D eigenvalue weighted by molar-refractivity contribution is 5.62. The Morgan fingerprint density at radius 1 is 1.28 bits per heavy atom. The van der Waals surface area contributed by atoms with Crippen molar-refractivity contribution in [3.63, 3.8) is 0 Å². The summed E-state index contributed by atoms with van der Waals surface area (Å²) in [5.41, 5.74) is 3.79. The average molecular weight is 337 g/mol. The van der Waals surface area contributed by atoms with Gasteiger partial charge in [-0.15, -0.1) is 0 Å². The zero-order chi connectivity index (χ0) is 18.0. The van der Waals surface area contributed by atoms with Gasteiger partial charge in [0.25, 0.3) is 0 Å². The van der Waals surface area contributed by atoms with E-state index < -0.39 is 5.60 Å². The van der Waals surface area contributed by atoms with E-state index >= 15 is 0 Å². The fourth-order valence-corrected chi connectivity index (χ4v) is 3.98. The lowest BCUT2D eigenvalue weighted by Crippen LogP contribution is -2.39. The number of hydrogen-bond donors (Lipinski definition) is 0. The smallest absolute Gasteiger partial charge is 0.128 e. The van der Waals surface area contributed by atoms with Gasteiger partial charge in [-0.25, -0.2) is 0 Å². The van der Waals surface area contributed by atoms with E-state index in [9.17, 15) is 5.26 Å². The van der Waals surface area contributed by atoms with Crippen LogP contribution >= 0.6 is 0 Å². The van der Waals surface area contributed by atoms with Crippen LogP contribution in [-0.2, 0) is 6.42 Å². The van der Waals surface area contributed by atoms with E-state index in [4.69, 9.17) is 9.47 Å². The van der Waals surface area contributed by atoms with Crippen LogP contribution in [0.2, 0.25) is 0 Å². The zero-order valence-corrected chi connectivity index (χ0v) is 15.7. The number of nitrogens with zero attached hydrogens (tertiary/aromatic N) is 1. The molecule has 0 fully saturated rings. The van der Waals surface area contributed by atoms with Crippen LogP contribution in [-0.4, -0.2) is 12.7 Å². The molecular weight excluding hydrogens is 310 g/mol. The number of nitriles is 1. The first-order valence-corrected chi connectivity index (χ1v) is 9.22. The quantitative estimate of drug-likeness (QED) is 0.529. The molecule has 1 atom stereocenters. The van der Waals surface area contributed by atoms with E-state index in [1.807, 2.05) is 6.08 Å². The molecule has 132 valence electrons. The van der Waals surface area contributed by atoms with Gasteiger partial charge in [0.05, 0.1) is 19.1 Å². The Bertz CT molecular complexity index is 765. The molecule has 3 heteroatoms. The molecule has 1 heterocycles. The van der Waals surface area contributed by atoms with Gasteiger partial charge < -0.3 is 9.47 Å². The molecule has 2 aliphatic rings. The fraction of sp³-hybridized carbons (Fsp3) is 0.500. The molecule has 1 aromatic carbocycles. The molecular formula is C22H27NO2. The second kappa shape index (κ2) is 6.96. The normalized spacial score (nSPS) is 20.4. The van der Waals surface area contributed by atoms with Gasteiger partial charge in [-0.1, -0.05) is 31.9 Å². The molecule has 0 N–H and O–H groups in total. The van der Waals surface area contributed by atoms with Crippen LogP contribution in [0.25, 0.3) is 0 Å². The summed E-state index contributed by atoms with van der Waals surface area (Å²) < 4.78 is 12.1. The average Bonchev–Trinajstić information content (AvgIpc) is 2.60. The van der Waals surface area contributed by atoms with E-state index in [1.54, 1.807) is 7.11 Å². The maximum atomic E-state index is 9.66. The van der Waals surface area contributed by atoms with Crippen molar-refractivity contribution < 1.29 is 9.47 Å². The molecule has 25 heavy (non-hydrogen) atoms. The Hall–Kier alpha value is -2.21. The van der Waals surface area contributed by atoms with Crippen LogP contribution in [0, 0.1) is 11.3 Å². The largest absolute Gasteiger partial charge is 0.496 e. The van der Waals surface area contributed by atoms with Gasteiger partial charge in [0.15, 0.2) is 0 Å². The van der Waals surface area contributed by atoms with E-state index in [0.29, 0.717) is 0 Å². The lowest BCUT2D eigenvalue weighted by atomic mass is 9.72. The molecule has 0 radical (unpaired) electrons. The number of benzene rings is 1. The van der Waals surface area contributed by atoms with Gasteiger partial charge in [0, 0.05) is 11.1 Å². The highest BCUT2D eigenvalue weighted by Crippen LogP contribution is 2.53. The number of allylic oxidation sites excluding steroid dienone is 3. The lowest BCUT2D eigenvalue weighted by Gasteiger charge is -2.42. The summed E-state index contributed by atoms with van der Waals surface area (Å²) in [6, 6.07) is 6.67. The highest BCUT2D eigenvalue weighted by Gasteiger charge is 2.43. The SMILES string of the molecule is CCCCCc1cc(OC)c2c(c1)OC(C)(C)C1=CCC=C(C#N)C12. The van der Waals surface area contributed by atoms with Crippen molar-refractivity contribution in [3.05, 3.63) is 46.6 Å². The van der Waals surface area contributed by atoms with Crippen molar-refractivity contribution in [1.82, 2.24) is 0 Å². The Morgan fingerprint density at radius 3 is 2.76 bits per heavy atom. The fourth-order valence-electron chi connectivity index (χ4n) is 3.98. The molecule has 1 aliphatic carbocycles. The minimum atomic E-state index is -0.416. The Labute approximate surface area is 150 Å². The van der Waals surface area contributed by atoms with Gasteiger partial charge in [0.1, 0.15) is 17.1 Å². The van der Waals surface area contributed by atoms with Crippen LogP contribution in [0.1, 0.15) is 63.5 Å². The molecule has 0 bridgehead atoms. The third-order valence-electron chi connectivity index (χ3n) is 5.23. The summed E-state index contributed by atoms with van der Waals surface area (Å²) in [4.78, 5) is 0. The van der Waals surface area contributed by atoms with Crippen LogP contribution in [0.5, 0.6) is 11.5 Å². The van der Waals surface area contributed by atoms with E-state index in [1.165, 1.54) is 24.8 Å². The minimum absolute atomic E-state index is 0.0582. The first-order valence-electron chi connectivity index (χ1n) is 9.22. The van der Waals surface area contributed by atoms with Crippen LogP contribution in [0.3, 0.4) is 0 Å². The first kappa shape index (κ1) is 17.6. The number of methoxy groups -OCH3 is 1. The first-order chi connectivity index (χ1) is 12.0. The van der Waals surface area contributed by atoms with Crippen LogP contribution < -0.4 is 9.47 Å².